The van der Waals surface area contributed by atoms with Gasteiger partial charge in [-0.25, -0.2) is 4.79 Å². The third kappa shape index (κ3) is 9.46. The van der Waals surface area contributed by atoms with Crippen molar-refractivity contribution in [3.63, 3.8) is 0 Å². The maximum atomic E-state index is 9.65. The van der Waals surface area contributed by atoms with E-state index < -0.39 is 5.97 Å². The standard InChI is InChI=1S/C4H5ClO2.Ga.3H/c1-3(5)2-4(6)7;;;;/h2H,1H3,(H,6,7);;;;/b3-2-;;;;. The monoisotopic (exact) mass is 192 g/mol. The van der Waals surface area contributed by atoms with Gasteiger partial charge in [-0.3, -0.25) is 0 Å². The molecule has 0 rings (SSSR count). The van der Waals surface area contributed by atoms with Gasteiger partial charge in [-0.15, -0.1) is 0 Å². The van der Waals surface area contributed by atoms with Crippen molar-refractivity contribution >= 4 is 37.4 Å². The average Bonchev–Trinajstić information content (AvgIpc) is 1.27. The molecule has 1 N–H and O–H groups in total. The second kappa shape index (κ2) is 5.28. The summed E-state index contributed by atoms with van der Waals surface area (Å²) in [5.41, 5.74) is 0. The van der Waals surface area contributed by atoms with E-state index in [1.165, 1.54) is 6.92 Å². The van der Waals surface area contributed by atoms with Crippen LogP contribution >= 0.6 is 11.6 Å². The van der Waals surface area contributed by atoms with Gasteiger partial charge < -0.3 is 5.11 Å². The molecule has 0 aliphatic rings. The molecule has 0 aromatic rings. The minimum atomic E-state index is -1.01. The summed E-state index contributed by atoms with van der Waals surface area (Å²) in [6.45, 7) is 1.51. The fourth-order valence-corrected chi connectivity index (χ4v) is 0.263. The van der Waals surface area contributed by atoms with Gasteiger partial charge in [0.1, 0.15) is 0 Å². The number of carboxylic acids is 1. The maximum absolute atomic E-state index is 9.65. The molecule has 0 aromatic carbocycles. The number of carboxylic acid groups (broad SMARTS) is 1. The Labute approximate surface area is 65.6 Å². The predicted octanol–water partition coefficient (Wildman–Crippen LogP) is 0.0297. The molecule has 0 atom stereocenters. The number of carbonyl (C=O) groups is 1. The SMILES string of the molecule is C/C(Cl)=C/C(=O)O.[GaH3]. The van der Waals surface area contributed by atoms with E-state index >= 15 is 0 Å². The van der Waals surface area contributed by atoms with Gasteiger partial charge in [0.25, 0.3) is 0 Å². The fraction of sp³-hybridized carbons (Fsp3) is 0.250. The van der Waals surface area contributed by atoms with Gasteiger partial charge in [-0.2, -0.15) is 0 Å². The molecule has 0 fully saturated rings. The minimum absolute atomic E-state index is 0. The Morgan fingerprint density at radius 3 is 2.12 bits per heavy atom. The zero-order chi connectivity index (χ0) is 5.86. The Balaban J connectivity index is 0. The van der Waals surface area contributed by atoms with Crippen LogP contribution in [-0.4, -0.2) is 30.9 Å². The van der Waals surface area contributed by atoms with E-state index in [2.05, 4.69) is 0 Å². The predicted molar refractivity (Wildman–Crippen MR) is 37.2 cm³/mol. The van der Waals surface area contributed by atoms with Crippen molar-refractivity contribution in [2.24, 2.45) is 0 Å². The number of rotatable bonds is 1. The summed E-state index contributed by atoms with van der Waals surface area (Å²) in [4.78, 5) is 9.65. The molecule has 0 heterocycles. The van der Waals surface area contributed by atoms with Gasteiger partial charge in [0.2, 0.25) is 0 Å². The van der Waals surface area contributed by atoms with E-state index in [0.717, 1.165) is 6.08 Å². The van der Waals surface area contributed by atoms with Crippen molar-refractivity contribution in [2.45, 2.75) is 6.92 Å². The van der Waals surface area contributed by atoms with Gasteiger partial charge in [-0.1, -0.05) is 11.6 Å². The van der Waals surface area contributed by atoms with Crippen LogP contribution in [0.2, 0.25) is 0 Å². The van der Waals surface area contributed by atoms with Crippen LogP contribution in [0.25, 0.3) is 0 Å². The molecule has 0 saturated carbocycles. The average molecular weight is 193 g/mol. The summed E-state index contributed by atoms with van der Waals surface area (Å²) in [5, 5.41) is 8.21. The second-order valence-electron chi connectivity index (χ2n) is 1.07. The summed E-state index contributed by atoms with van der Waals surface area (Å²) >= 11 is 5.15. The quantitative estimate of drug-likeness (QED) is 0.471. The summed E-state index contributed by atoms with van der Waals surface area (Å²) in [6.07, 6.45) is 0.932. The Kier molecular flexibility index (Phi) is 7.26. The van der Waals surface area contributed by atoms with Crippen molar-refractivity contribution < 1.29 is 9.90 Å². The Morgan fingerprint density at radius 2 is 2.12 bits per heavy atom. The number of allylic oxidation sites excluding steroid dienone is 1. The van der Waals surface area contributed by atoms with Gasteiger partial charge >= 0.3 is 25.8 Å². The van der Waals surface area contributed by atoms with Crippen molar-refractivity contribution in [2.75, 3.05) is 0 Å². The number of halogens is 1. The summed E-state index contributed by atoms with van der Waals surface area (Å²) in [6, 6.07) is 0. The molecule has 0 aliphatic heterocycles. The van der Waals surface area contributed by atoms with Crippen LogP contribution in [0.1, 0.15) is 6.92 Å². The number of hydrogen-bond donors (Lipinski definition) is 1. The zero-order valence-corrected chi connectivity index (χ0v) is 4.57. The van der Waals surface area contributed by atoms with Crippen LogP contribution in [0.15, 0.2) is 11.1 Å². The molecule has 0 bridgehead atoms. The molecule has 0 aromatic heterocycles. The third-order valence-corrected chi connectivity index (χ3v) is 0.431. The Hall–Kier alpha value is 0.136. The van der Waals surface area contributed by atoms with Gasteiger partial charge in [0.15, 0.2) is 0 Å². The van der Waals surface area contributed by atoms with Gasteiger partial charge in [0.05, 0.1) is 0 Å². The first-order valence-electron chi connectivity index (χ1n) is 1.69. The third-order valence-electron chi connectivity index (χ3n) is 0.322. The molecular weight excluding hydrogens is 185 g/mol. The summed E-state index contributed by atoms with van der Waals surface area (Å²) < 4.78 is 0. The zero-order valence-electron chi connectivity index (χ0n) is 3.81. The fourth-order valence-electron chi connectivity index (χ4n) is 0.170. The van der Waals surface area contributed by atoms with E-state index in [1.807, 2.05) is 0 Å². The Morgan fingerprint density at radius 1 is 1.75 bits per heavy atom. The van der Waals surface area contributed by atoms with E-state index in [9.17, 15) is 4.79 Å². The van der Waals surface area contributed by atoms with Crippen LogP contribution in [0.3, 0.4) is 0 Å². The van der Waals surface area contributed by atoms with Crippen molar-refractivity contribution in [1.29, 1.82) is 0 Å². The molecule has 0 spiro atoms. The normalized spacial score (nSPS) is 10.0. The van der Waals surface area contributed by atoms with Gasteiger partial charge in [-0.05, 0) is 6.92 Å². The first kappa shape index (κ1) is 11.0. The second-order valence-corrected chi connectivity index (χ2v) is 1.67. The molecule has 0 amide bonds. The first-order valence-corrected chi connectivity index (χ1v) is 2.07. The van der Waals surface area contributed by atoms with Crippen LogP contribution in [0.4, 0.5) is 0 Å². The molecule has 8 heavy (non-hydrogen) atoms. The molecule has 0 saturated heterocycles. The van der Waals surface area contributed by atoms with E-state index in [-0.39, 0.29) is 24.8 Å². The Bertz CT molecular complexity index is 107. The van der Waals surface area contributed by atoms with Crippen molar-refractivity contribution in [1.82, 2.24) is 0 Å². The van der Waals surface area contributed by atoms with Crippen molar-refractivity contribution in [3.8, 4) is 0 Å². The molecule has 2 nitrogen and oxygen atoms in total. The number of aliphatic carboxylic acids is 1. The molecule has 0 radical (unpaired) electrons. The van der Waals surface area contributed by atoms with Crippen LogP contribution in [-0.2, 0) is 4.79 Å². The van der Waals surface area contributed by atoms with Crippen LogP contribution < -0.4 is 0 Å². The number of hydrogen-bond acceptors (Lipinski definition) is 1. The molecule has 46 valence electrons. The summed E-state index contributed by atoms with van der Waals surface area (Å²) in [7, 11) is 0. The van der Waals surface area contributed by atoms with E-state index in [4.69, 9.17) is 16.7 Å². The first-order chi connectivity index (χ1) is 3.13. The molecule has 0 aliphatic carbocycles. The van der Waals surface area contributed by atoms with Crippen molar-refractivity contribution in [3.05, 3.63) is 11.1 Å². The molecular formula is C4H8ClGaO2. The van der Waals surface area contributed by atoms with E-state index in [1.54, 1.807) is 0 Å². The molecule has 0 unspecified atom stereocenters. The van der Waals surface area contributed by atoms with Crippen LogP contribution in [0.5, 0.6) is 0 Å². The van der Waals surface area contributed by atoms with Crippen LogP contribution in [0, 0.1) is 0 Å². The summed E-state index contributed by atoms with van der Waals surface area (Å²) in [5.74, 6) is -1.01. The van der Waals surface area contributed by atoms with E-state index in [0.29, 0.717) is 0 Å². The van der Waals surface area contributed by atoms with Gasteiger partial charge in [0, 0.05) is 11.1 Å². The topological polar surface area (TPSA) is 37.3 Å². The molecule has 4 heteroatoms.